The minimum atomic E-state index is -3.77. The number of hydrogen-bond donors (Lipinski definition) is 1. The minimum Gasteiger partial charge on any atom is -0.286 e. The van der Waals surface area contributed by atoms with E-state index in [1.54, 1.807) is 0 Å². The van der Waals surface area contributed by atoms with Crippen molar-refractivity contribution in [1.82, 2.24) is 0 Å². The third-order valence-corrected chi connectivity index (χ3v) is 3.97. The van der Waals surface area contributed by atoms with Gasteiger partial charge in [-0.05, 0) is 25.7 Å². The van der Waals surface area contributed by atoms with Crippen molar-refractivity contribution in [3.8, 4) is 0 Å². The van der Waals surface area contributed by atoms with Crippen molar-refractivity contribution in [3.63, 3.8) is 0 Å². The molecule has 0 radical (unpaired) electrons. The Bertz CT molecular complexity index is 307. The Morgan fingerprint density at radius 1 is 0.789 bits per heavy atom. The smallest absolute Gasteiger partial charge is 0.264 e. The van der Waals surface area contributed by atoms with E-state index in [-0.39, 0.29) is 5.75 Å². The Morgan fingerprint density at radius 2 is 1.26 bits per heavy atom. The minimum absolute atomic E-state index is 0.130. The van der Waals surface area contributed by atoms with Crippen LogP contribution in [0.4, 0.5) is 0 Å². The van der Waals surface area contributed by atoms with Crippen molar-refractivity contribution >= 4 is 10.1 Å². The van der Waals surface area contributed by atoms with Crippen LogP contribution in [0.1, 0.15) is 77.6 Å². The van der Waals surface area contributed by atoms with Gasteiger partial charge in [-0.1, -0.05) is 64.0 Å². The van der Waals surface area contributed by atoms with E-state index in [2.05, 4.69) is 13.0 Å². The molecule has 0 aromatic rings. The first-order valence-corrected chi connectivity index (χ1v) is 9.27. The molecule has 4 heteroatoms. The van der Waals surface area contributed by atoms with Crippen molar-refractivity contribution in [3.05, 3.63) is 12.2 Å². The third kappa shape index (κ3) is 17.6. The van der Waals surface area contributed by atoms with Gasteiger partial charge in [0.15, 0.2) is 0 Å². The Morgan fingerprint density at radius 3 is 1.79 bits per heavy atom. The molecule has 0 aliphatic rings. The summed E-state index contributed by atoms with van der Waals surface area (Å²) in [5.74, 6) is -0.130. The Labute approximate surface area is 119 Å². The molecule has 0 saturated carbocycles. The van der Waals surface area contributed by atoms with Crippen LogP contribution in [0.3, 0.4) is 0 Å². The molecule has 0 rings (SSSR count). The molecule has 0 amide bonds. The average molecular weight is 290 g/mol. The first-order valence-electron chi connectivity index (χ1n) is 7.66. The van der Waals surface area contributed by atoms with Gasteiger partial charge in [0.2, 0.25) is 0 Å². The molecule has 19 heavy (non-hydrogen) atoms. The number of unbranched alkanes of at least 4 members (excludes halogenated alkanes) is 9. The summed E-state index contributed by atoms with van der Waals surface area (Å²) in [4.78, 5) is 0. The van der Waals surface area contributed by atoms with E-state index in [0.717, 1.165) is 12.8 Å². The monoisotopic (exact) mass is 290 g/mol. The lowest BCUT2D eigenvalue weighted by Gasteiger charge is -1.99. The summed E-state index contributed by atoms with van der Waals surface area (Å²) in [5.41, 5.74) is 0. The van der Waals surface area contributed by atoms with Gasteiger partial charge in [0.1, 0.15) is 0 Å². The summed E-state index contributed by atoms with van der Waals surface area (Å²) in [6, 6.07) is 0. The highest BCUT2D eigenvalue weighted by atomic mass is 32.2. The highest BCUT2D eigenvalue weighted by molar-refractivity contribution is 7.85. The fraction of sp³-hybridized carbons (Fsp3) is 0.867. The van der Waals surface area contributed by atoms with E-state index in [0.29, 0.717) is 6.42 Å². The predicted molar refractivity (Wildman–Crippen MR) is 82.0 cm³/mol. The van der Waals surface area contributed by atoms with Crippen LogP contribution in [0, 0.1) is 0 Å². The van der Waals surface area contributed by atoms with Crippen LogP contribution in [0.2, 0.25) is 0 Å². The summed E-state index contributed by atoms with van der Waals surface area (Å²) in [6.45, 7) is 2.24. The van der Waals surface area contributed by atoms with E-state index in [1.165, 1.54) is 51.4 Å². The summed E-state index contributed by atoms with van der Waals surface area (Å²) in [6.07, 6.45) is 17.1. The number of rotatable bonds is 13. The van der Waals surface area contributed by atoms with Crippen molar-refractivity contribution in [2.45, 2.75) is 77.6 Å². The van der Waals surface area contributed by atoms with Gasteiger partial charge in [0.05, 0.1) is 5.75 Å². The number of allylic oxidation sites excluding steroid dienone is 2. The lowest BCUT2D eigenvalue weighted by Crippen LogP contribution is -2.02. The Hall–Kier alpha value is -0.350. The molecule has 0 heterocycles. The van der Waals surface area contributed by atoms with Gasteiger partial charge in [-0.25, -0.2) is 0 Å². The second kappa shape index (κ2) is 12.7. The van der Waals surface area contributed by atoms with Gasteiger partial charge in [0.25, 0.3) is 10.1 Å². The van der Waals surface area contributed by atoms with Gasteiger partial charge in [-0.3, -0.25) is 4.55 Å². The molecule has 0 bridgehead atoms. The van der Waals surface area contributed by atoms with Gasteiger partial charge in [0, 0.05) is 0 Å². The first-order chi connectivity index (χ1) is 9.06. The maximum Gasteiger partial charge on any atom is 0.264 e. The highest BCUT2D eigenvalue weighted by Crippen LogP contribution is 2.09. The molecule has 0 saturated heterocycles. The van der Waals surface area contributed by atoms with Gasteiger partial charge in [-0.2, -0.15) is 8.42 Å². The van der Waals surface area contributed by atoms with Crippen LogP contribution in [0.5, 0.6) is 0 Å². The molecule has 0 fully saturated rings. The zero-order chi connectivity index (χ0) is 14.4. The Balaban J connectivity index is 3.17. The molecule has 0 atom stereocenters. The van der Waals surface area contributed by atoms with E-state index in [1.807, 2.05) is 6.08 Å². The summed E-state index contributed by atoms with van der Waals surface area (Å²) in [7, 11) is -3.77. The molecule has 0 aliphatic heterocycles. The molecule has 114 valence electrons. The summed E-state index contributed by atoms with van der Waals surface area (Å²) < 4.78 is 29.5. The summed E-state index contributed by atoms with van der Waals surface area (Å²) >= 11 is 0. The zero-order valence-electron chi connectivity index (χ0n) is 12.3. The van der Waals surface area contributed by atoms with E-state index < -0.39 is 10.1 Å². The van der Waals surface area contributed by atoms with Gasteiger partial charge in [-0.15, -0.1) is 0 Å². The van der Waals surface area contributed by atoms with Crippen LogP contribution in [-0.2, 0) is 10.1 Å². The van der Waals surface area contributed by atoms with Crippen LogP contribution in [0.25, 0.3) is 0 Å². The molecule has 0 aromatic heterocycles. The molecular formula is C15H30O3S. The van der Waals surface area contributed by atoms with Gasteiger partial charge < -0.3 is 0 Å². The Kier molecular flexibility index (Phi) is 12.4. The van der Waals surface area contributed by atoms with Crippen LogP contribution >= 0.6 is 0 Å². The standard InChI is InChI=1S/C15H30O3S/c1-2-3-4-5-6-7-8-9-10-11-12-13-14-15-19(16,17)18/h11-12H,2-10,13-15H2,1H3,(H,16,17,18)/b12-11+. The quantitative estimate of drug-likeness (QED) is 0.303. The molecule has 0 aliphatic carbocycles. The van der Waals surface area contributed by atoms with Crippen molar-refractivity contribution in [2.75, 3.05) is 5.75 Å². The lowest BCUT2D eigenvalue weighted by atomic mass is 10.1. The second-order valence-electron chi connectivity index (χ2n) is 5.16. The van der Waals surface area contributed by atoms with E-state index >= 15 is 0 Å². The molecule has 1 N–H and O–H groups in total. The van der Waals surface area contributed by atoms with Crippen molar-refractivity contribution < 1.29 is 13.0 Å². The third-order valence-electron chi connectivity index (χ3n) is 3.16. The van der Waals surface area contributed by atoms with E-state index in [4.69, 9.17) is 4.55 Å². The lowest BCUT2D eigenvalue weighted by molar-refractivity contribution is 0.481. The average Bonchev–Trinajstić information content (AvgIpc) is 2.34. The van der Waals surface area contributed by atoms with Crippen LogP contribution < -0.4 is 0 Å². The topological polar surface area (TPSA) is 54.4 Å². The SMILES string of the molecule is CCCCCCCCCC/C=C/CCCS(=O)(=O)O. The molecule has 0 unspecified atom stereocenters. The normalized spacial score (nSPS) is 12.3. The van der Waals surface area contributed by atoms with Crippen molar-refractivity contribution in [2.24, 2.45) is 0 Å². The molecule has 0 aromatic carbocycles. The maximum atomic E-state index is 10.5. The predicted octanol–water partition coefficient (Wildman–Crippen LogP) is 4.74. The molecule has 3 nitrogen and oxygen atoms in total. The molecule has 0 spiro atoms. The second-order valence-corrected chi connectivity index (χ2v) is 6.74. The van der Waals surface area contributed by atoms with Crippen LogP contribution in [0.15, 0.2) is 12.2 Å². The maximum absolute atomic E-state index is 10.5. The first kappa shape index (κ1) is 18.7. The number of hydrogen-bond acceptors (Lipinski definition) is 2. The fourth-order valence-electron chi connectivity index (χ4n) is 2.02. The zero-order valence-corrected chi connectivity index (χ0v) is 13.1. The largest absolute Gasteiger partial charge is 0.286 e. The van der Waals surface area contributed by atoms with Crippen molar-refractivity contribution in [1.29, 1.82) is 0 Å². The fourth-order valence-corrected chi connectivity index (χ4v) is 2.55. The summed E-state index contributed by atoms with van der Waals surface area (Å²) in [5, 5.41) is 0. The van der Waals surface area contributed by atoms with Crippen LogP contribution in [-0.4, -0.2) is 18.7 Å². The highest BCUT2D eigenvalue weighted by Gasteiger charge is 2.01. The van der Waals surface area contributed by atoms with E-state index in [9.17, 15) is 8.42 Å². The molecular weight excluding hydrogens is 260 g/mol. The van der Waals surface area contributed by atoms with Gasteiger partial charge >= 0.3 is 0 Å².